The molecule has 0 aliphatic heterocycles. The zero-order valence-electron chi connectivity index (χ0n) is 16.1. The molecule has 8 nitrogen and oxygen atoms in total. The average Bonchev–Trinajstić information content (AvgIpc) is 3.40. The lowest BCUT2D eigenvalue weighted by molar-refractivity contribution is -0.146. The first kappa shape index (κ1) is 18.2. The zero-order valence-corrected chi connectivity index (χ0v) is 16.1. The lowest BCUT2D eigenvalue weighted by Crippen LogP contribution is -2.40. The van der Waals surface area contributed by atoms with Crippen LogP contribution in [-0.4, -0.2) is 31.3 Å². The van der Waals surface area contributed by atoms with Crippen LogP contribution in [0.25, 0.3) is 16.9 Å². The maximum absolute atomic E-state index is 13.2. The minimum absolute atomic E-state index is 0.110. The van der Waals surface area contributed by atoms with Crippen LogP contribution in [0.5, 0.6) is 0 Å². The number of para-hydroxylation sites is 1. The van der Waals surface area contributed by atoms with Crippen molar-refractivity contribution in [1.29, 1.82) is 0 Å². The highest BCUT2D eigenvalue weighted by Crippen LogP contribution is 2.33. The van der Waals surface area contributed by atoms with E-state index < -0.39 is 23.3 Å². The summed E-state index contributed by atoms with van der Waals surface area (Å²) in [5.74, 6) is -0.451. The summed E-state index contributed by atoms with van der Waals surface area (Å²) < 4.78 is 9.37. The van der Waals surface area contributed by atoms with Gasteiger partial charge in [-0.15, -0.1) is 0 Å². The number of hydrogen-bond acceptors (Lipinski definition) is 5. The van der Waals surface area contributed by atoms with Gasteiger partial charge in [-0.3, -0.25) is 9.36 Å². The molecule has 28 heavy (non-hydrogen) atoms. The van der Waals surface area contributed by atoms with Gasteiger partial charge in [-0.2, -0.15) is 0 Å². The van der Waals surface area contributed by atoms with Crippen molar-refractivity contribution >= 4 is 17.1 Å². The number of imidazole rings is 1. The predicted octanol–water partition coefficient (Wildman–Crippen LogP) is 2.12. The Morgan fingerprint density at radius 2 is 2.00 bits per heavy atom. The summed E-state index contributed by atoms with van der Waals surface area (Å²) in [5, 5.41) is 0. The third kappa shape index (κ3) is 2.76. The molecule has 146 valence electrons. The molecular weight excluding hydrogens is 360 g/mol. The molecule has 0 saturated heterocycles. The van der Waals surface area contributed by atoms with E-state index in [2.05, 4.69) is 4.98 Å². The van der Waals surface area contributed by atoms with E-state index in [1.54, 1.807) is 13.8 Å². The van der Waals surface area contributed by atoms with E-state index in [0.717, 1.165) is 18.4 Å². The quantitative estimate of drug-likeness (QED) is 0.631. The monoisotopic (exact) mass is 382 g/mol. The van der Waals surface area contributed by atoms with Crippen LogP contribution < -0.4 is 11.2 Å². The highest BCUT2D eigenvalue weighted by atomic mass is 16.5. The summed E-state index contributed by atoms with van der Waals surface area (Å²) in [7, 11) is 0. The summed E-state index contributed by atoms with van der Waals surface area (Å²) in [6.45, 7) is 5.53. The lowest BCUT2D eigenvalue weighted by Gasteiger charge is -2.16. The van der Waals surface area contributed by atoms with Gasteiger partial charge in [-0.05, 0) is 45.2 Å². The van der Waals surface area contributed by atoms with E-state index in [1.165, 1.54) is 20.0 Å². The van der Waals surface area contributed by atoms with Gasteiger partial charge < -0.3 is 9.30 Å². The molecule has 1 unspecified atom stereocenters. The molecule has 1 saturated carbocycles. The van der Waals surface area contributed by atoms with Crippen molar-refractivity contribution in [3.63, 3.8) is 0 Å². The van der Waals surface area contributed by atoms with Crippen molar-refractivity contribution in [2.75, 3.05) is 6.61 Å². The Morgan fingerprint density at radius 3 is 2.64 bits per heavy atom. The summed E-state index contributed by atoms with van der Waals surface area (Å²) in [6, 6.07) is 6.61. The van der Waals surface area contributed by atoms with Crippen molar-refractivity contribution in [3.8, 4) is 5.69 Å². The largest absolute Gasteiger partial charge is 0.464 e. The molecular formula is C20H22N4O4. The number of carbonyl (C=O) groups is 1. The van der Waals surface area contributed by atoms with Gasteiger partial charge in [0.05, 0.1) is 18.6 Å². The van der Waals surface area contributed by atoms with E-state index in [0.29, 0.717) is 5.69 Å². The normalized spacial score (nSPS) is 15.0. The molecule has 0 amide bonds. The van der Waals surface area contributed by atoms with Crippen LogP contribution in [0.4, 0.5) is 0 Å². The van der Waals surface area contributed by atoms with E-state index in [4.69, 9.17) is 4.74 Å². The average molecular weight is 382 g/mol. The molecule has 1 atom stereocenters. The molecule has 2 aromatic heterocycles. The van der Waals surface area contributed by atoms with E-state index in [-0.39, 0.29) is 23.8 Å². The van der Waals surface area contributed by atoms with Gasteiger partial charge in [0, 0.05) is 6.04 Å². The molecule has 1 fully saturated rings. The standard InChI is InChI=1S/C20H22N4O4/c1-4-28-19(26)13(3)22-11-21-17-16(22)18(25)23(14-9-10-14)20(27)24(17)15-8-6-5-7-12(15)2/h5-8,11,13-14H,4,9-10H2,1-3H3. The van der Waals surface area contributed by atoms with Gasteiger partial charge in [0.1, 0.15) is 6.04 Å². The van der Waals surface area contributed by atoms with Gasteiger partial charge >= 0.3 is 11.7 Å². The fourth-order valence-corrected chi connectivity index (χ4v) is 3.48. The first-order chi connectivity index (χ1) is 13.5. The molecule has 0 radical (unpaired) electrons. The summed E-state index contributed by atoms with van der Waals surface area (Å²) >= 11 is 0. The van der Waals surface area contributed by atoms with Crippen LogP contribution in [0, 0.1) is 6.92 Å². The molecule has 3 aromatic rings. The predicted molar refractivity (Wildman–Crippen MR) is 104 cm³/mol. The van der Waals surface area contributed by atoms with Crippen LogP contribution in [0.1, 0.15) is 44.3 Å². The summed E-state index contributed by atoms with van der Waals surface area (Å²) in [4.78, 5) is 43.0. The highest BCUT2D eigenvalue weighted by molar-refractivity contribution is 5.79. The SMILES string of the molecule is CCOC(=O)C(C)n1cnc2c1c(=O)n(C1CC1)c(=O)n2-c1ccccc1C. The van der Waals surface area contributed by atoms with Crippen LogP contribution in [0.15, 0.2) is 40.2 Å². The molecule has 0 spiro atoms. The number of aromatic nitrogens is 4. The van der Waals surface area contributed by atoms with Crippen LogP contribution >= 0.6 is 0 Å². The Labute approximate surface area is 161 Å². The Bertz CT molecular complexity index is 1180. The van der Waals surface area contributed by atoms with Gasteiger partial charge in [0.2, 0.25) is 0 Å². The fraction of sp³-hybridized carbons (Fsp3) is 0.400. The number of benzene rings is 1. The van der Waals surface area contributed by atoms with Gasteiger partial charge in [-0.1, -0.05) is 18.2 Å². The zero-order chi connectivity index (χ0) is 20.0. The van der Waals surface area contributed by atoms with Crippen molar-refractivity contribution in [1.82, 2.24) is 18.7 Å². The third-order valence-corrected chi connectivity index (χ3v) is 5.12. The molecule has 0 bridgehead atoms. The first-order valence-electron chi connectivity index (χ1n) is 9.42. The maximum atomic E-state index is 13.2. The molecule has 2 heterocycles. The topological polar surface area (TPSA) is 88.1 Å². The molecule has 0 N–H and O–H groups in total. The fourth-order valence-electron chi connectivity index (χ4n) is 3.48. The molecule has 1 aromatic carbocycles. The smallest absolute Gasteiger partial charge is 0.337 e. The molecule has 8 heteroatoms. The number of rotatable bonds is 5. The van der Waals surface area contributed by atoms with Crippen LogP contribution in [-0.2, 0) is 9.53 Å². The van der Waals surface area contributed by atoms with Crippen molar-refractivity contribution in [2.45, 2.75) is 45.7 Å². The van der Waals surface area contributed by atoms with Gasteiger partial charge in [0.15, 0.2) is 11.2 Å². The Hall–Kier alpha value is -3.16. The molecule has 4 rings (SSSR count). The highest BCUT2D eigenvalue weighted by Gasteiger charge is 2.32. The second-order valence-electron chi connectivity index (χ2n) is 7.06. The van der Waals surface area contributed by atoms with E-state index >= 15 is 0 Å². The Morgan fingerprint density at radius 1 is 1.29 bits per heavy atom. The number of aryl methyl sites for hydroxylation is 1. The van der Waals surface area contributed by atoms with Gasteiger partial charge in [-0.25, -0.2) is 19.1 Å². The third-order valence-electron chi connectivity index (χ3n) is 5.12. The van der Waals surface area contributed by atoms with E-state index in [9.17, 15) is 14.4 Å². The second-order valence-corrected chi connectivity index (χ2v) is 7.06. The second kappa shape index (κ2) is 6.78. The number of ether oxygens (including phenoxy) is 1. The summed E-state index contributed by atoms with van der Waals surface area (Å²) in [5.41, 5.74) is 1.22. The number of esters is 1. The maximum Gasteiger partial charge on any atom is 0.337 e. The number of fused-ring (bicyclic) bond motifs is 1. The van der Waals surface area contributed by atoms with Crippen molar-refractivity contribution in [2.24, 2.45) is 0 Å². The summed E-state index contributed by atoms with van der Waals surface area (Å²) in [6.07, 6.45) is 3.01. The Kier molecular flexibility index (Phi) is 4.41. The molecule has 1 aliphatic carbocycles. The van der Waals surface area contributed by atoms with Crippen molar-refractivity contribution in [3.05, 3.63) is 57.0 Å². The van der Waals surface area contributed by atoms with Crippen molar-refractivity contribution < 1.29 is 9.53 Å². The lowest BCUT2D eigenvalue weighted by atomic mass is 10.2. The Balaban J connectivity index is 2.06. The minimum atomic E-state index is -0.729. The minimum Gasteiger partial charge on any atom is -0.464 e. The molecule has 1 aliphatic rings. The van der Waals surface area contributed by atoms with E-state index in [1.807, 2.05) is 31.2 Å². The van der Waals surface area contributed by atoms with Gasteiger partial charge in [0.25, 0.3) is 5.56 Å². The number of nitrogens with zero attached hydrogens (tertiary/aromatic N) is 4. The first-order valence-corrected chi connectivity index (χ1v) is 9.42. The van der Waals surface area contributed by atoms with Crippen LogP contribution in [0.2, 0.25) is 0 Å². The number of carbonyl (C=O) groups excluding carboxylic acids is 1. The number of hydrogen-bond donors (Lipinski definition) is 0. The van der Waals surface area contributed by atoms with Crippen LogP contribution in [0.3, 0.4) is 0 Å².